The molecule has 1 fully saturated rings. The van der Waals surface area contributed by atoms with Crippen LogP contribution in [0.25, 0.3) is 0 Å². The molecule has 4 nitrogen and oxygen atoms in total. The highest BCUT2D eigenvalue weighted by Gasteiger charge is 2.27. The highest BCUT2D eigenvalue weighted by Crippen LogP contribution is 2.34. The standard InChI is InChI=1S/C11H14O4/c12-8-1-2-9(10(13)5-8)11(14)7-3-4-15-6-7/h1-2,5,7,11-14H,3-4,6H2/t7-,11-/m0/s1. The quantitative estimate of drug-likeness (QED) is 0.685. The van der Waals surface area contributed by atoms with Crippen molar-refractivity contribution in [2.45, 2.75) is 12.5 Å². The third-order valence-corrected chi connectivity index (χ3v) is 2.74. The van der Waals surface area contributed by atoms with Crippen molar-refractivity contribution in [2.75, 3.05) is 13.2 Å². The fourth-order valence-corrected chi connectivity index (χ4v) is 1.84. The van der Waals surface area contributed by atoms with Crippen molar-refractivity contribution >= 4 is 0 Å². The van der Waals surface area contributed by atoms with Gasteiger partial charge in [-0.15, -0.1) is 0 Å². The fraction of sp³-hybridized carbons (Fsp3) is 0.455. The van der Waals surface area contributed by atoms with E-state index in [1.54, 1.807) is 0 Å². The molecule has 15 heavy (non-hydrogen) atoms. The van der Waals surface area contributed by atoms with Gasteiger partial charge in [-0.3, -0.25) is 0 Å². The van der Waals surface area contributed by atoms with Gasteiger partial charge in [-0.05, 0) is 18.6 Å². The Hall–Kier alpha value is -1.26. The zero-order valence-electron chi connectivity index (χ0n) is 8.26. The average molecular weight is 210 g/mol. The highest BCUT2D eigenvalue weighted by atomic mass is 16.5. The molecule has 1 aliphatic rings. The summed E-state index contributed by atoms with van der Waals surface area (Å²) in [5.41, 5.74) is 0.448. The van der Waals surface area contributed by atoms with Gasteiger partial charge in [0.15, 0.2) is 0 Å². The smallest absolute Gasteiger partial charge is 0.125 e. The minimum absolute atomic E-state index is 0.00822. The Morgan fingerprint density at radius 1 is 1.33 bits per heavy atom. The van der Waals surface area contributed by atoms with Crippen molar-refractivity contribution in [3.63, 3.8) is 0 Å². The molecule has 1 aromatic carbocycles. The number of hydrogen-bond acceptors (Lipinski definition) is 4. The van der Waals surface area contributed by atoms with E-state index < -0.39 is 6.10 Å². The zero-order chi connectivity index (χ0) is 10.8. The van der Waals surface area contributed by atoms with Crippen LogP contribution in [0.2, 0.25) is 0 Å². The zero-order valence-corrected chi connectivity index (χ0v) is 8.26. The van der Waals surface area contributed by atoms with Gasteiger partial charge in [0.25, 0.3) is 0 Å². The van der Waals surface area contributed by atoms with Crippen LogP contribution in [-0.4, -0.2) is 28.5 Å². The second-order valence-corrected chi connectivity index (χ2v) is 3.81. The number of phenols is 2. The lowest BCUT2D eigenvalue weighted by Gasteiger charge is -2.17. The second-order valence-electron chi connectivity index (χ2n) is 3.81. The van der Waals surface area contributed by atoms with Gasteiger partial charge in [-0.25, -0.2) is 0 Å². The van der Waals surface area contributed by atoms with E-state index in [4.69, 9.17) is 9.84 Å². The second kappa shape index (κ2) is 4.08. The number of hydrogen-bond donors (Lipinski definition) is 3. The summed E-state index contributed by atoms with van der Waals surface area (Å²) in [6.45, 7) is 1.17. The van der Waals surface area contributed by atoms with E-state index in [0.29, 0.717) is 18.8 Å². The molecule has 0 aromatic heterocycles. The van der Waals surface area contributed by atoms with Gasteiger partial charge in [0, 0.05) is 24.2 Å². The van der Waals surface area contributed by atoms with Crippen LogP contribution in [0.3, 0.4) is 0 Å². The lowest BCUT2D eigenvalue weighted by Crippen LogP contribution is -2.12. The summed E-state index contributed by atoms with van der Waals surface area (Å²) in [7, 11) is 0. The van der Waals surface area contributed by atoms with Crippen LogP contribution in [-0.2, 0) is 4.74 Å². The first-order chi connectivity index (χ1) is 7.18. The molecule has 0 unspecified atom stereocenters. The summed E-state index contributed by atoms with van der Waals surface area (Å²) >= 11 is 0. The Labute approximate surface area is 87.7 Å². The highest BCUT2D eigenvalue weighted by molar-refractivity contribution is 5.40. The molecule has 0 radical (unpaired) electrons. The molecule has 3 N–H and O–H groups in total. The fourth-order valence-electron chi connectivity index (χ4n) is 1.84. The van der Waals surface area contributed by atoms with Crippen LogP contribution < -0.4 is 0 Å². The number of aliphatic hydroxyl groups is 1. The van der Waals surface area contributed by atoms with Crippen LogP contribution in [0.4, 0.5) is 0 Å². The molecule has 0 amide bonds. The van der Waals surface area contributed by atoms with E-state index in [2.05, 4.69) is 0 Å². The average Bonchev–Trinajstić information content (AvgIpc) is 2.69. The van der Waals surface area contributed by atoms with Gasteiger partial charge in [0.05, 0.1) is 12.7 Å². The van der Waals surface area contributed by atoms with E-state index in [1.807, 2.05) is 0 Å². The maximum absolute atomic E-state index is 9.97. The molecule has 4 heteroatoms. The Morgan fingerprint density at radius 2 is 2.13 bits per heavy atom. The minimum atomic E-state index is -0.729. The van der Waals surface area contributed by atoms with E-state index >= 15 is 0 Å². The van der Waals surface area contributed by atoms with Crippen LogP contribution in [0.1, 0.15) is 18.1 Å². The molecule has 1 heterocycles. The molecular weight excluding hydrogens is 196 g/mol. The van der Waals surface area contributed by atoms with Crippen molar-refractivity contribution in [1.29, 1.82) is 0 Å². The molecule has 82 valence electrons. The monoisotopic (exact) mass is 210 g/mol. The van der Waals surface area contributed by atoms with Gasteiger partial charge in [0.1, 0.15) is 11.5 Å². The molecule has 0 spiro atoms. The molecule has 0 bridgehead atoms. The van der Waals surface area contributed by atoms with Gasteiger partial charge < -0.3 is 20.1 Å². The summed E-state index contributed by atoms with van der Waals surface area (Å²) in [6.07, 6.45) is 0.0645. The summed E-state index contributed by atoms with van der Waals surface area (Å²) in [5, 5.41) is 28.6. The topological polar surface area (TPSA) is 69.9 Å². The number of benzene rings is 1. The lowest BCUT2D eigenvalue weighted by molar-refractivity contribution is 0.0897. The molecule has 1 saturated heterocycles. The first-order valence-corrected chi connectivity index (χ1v) is 4.96. The van der Waals surface area contributed by atoms with Gasteiger partial charge >= 0.3 is 0 Å². The van der Waals surface area contributed by atoms with Crippen LogP contribution in [0.15, 0.2) is 18.2 Å². The molecule has 1 aromatic rings. The predicted molar refractivity (Wildman–Crippen MR) is 53.7 cm³/mol. The molecule has 1 aliphatic heterocycles. The Kier molecular flexibility index (Phi) is 2.79. The first kappa shape index (κ1) is 10.3. The van der Waals surface area contributed by atoms with Crippen molar-refractivity contribution in [2.24, 2.45) is 5.92 Å². The molecule has 2 rings (SSSR count). The van der Waals surface area contributed by atoms with Crippen LogP contribution in [0, 0.1) is 5.92 Å². The maximum Gasteiger partial charge on any atom is 0.125 e. The third kappa shape index (κ3) is 2.06. The summed E-state index contributed by atoms with van der Waals surface area (Å²) < 4.78 is 5.17. The van der Waals surface area contributed by atoms with Gasteiger partial charge in [0.2, 0.25) is 0 Å². The number of aliphatic hydroxyl groups excluding tert-OH is 1. The Morgan fingerprint density at radius 3 is 2.73 bits per heavy atom. The van der Waals surface area contributed by atoms with E-state index in [9.17, 15) is 10.2 Å². The van der Waals surface area contributed by atoms with Crippen LogP contribution >= 0.6 is 0 Å². The van der Waals surface area contributed by atoms with E-state index in [-0.39, 0.29) is 17.4 Å². The number of aromatic hydroxyl groups is 2. The molecule has 0 saturated carbocycles. The van der Waals surface area contributed by atoms with Crippen LogP contribution in [0.5, 0.6) is 11.5 Å². The van der Waals surface area contributed by atoms with E-state index in [1.165, 1.54) is 18.2 Å². The Balaban J connectivity index is 2.20. The van der Waals surface area contributed by atoms with Crippen molar-refractivity contribution in [3.8, 4) is 11.5 Å². The van der Waals surface area contributed by atoms with Crippen molar-refractivity contribution in [3.05, 3.63) is 23.8 Å². The summed E-state index contributed by atoms with van der Waals surface area (Å²) in [6, 6.07) is 4.22. The SMILES string of the molecule is Oc1ccc([C@@H](O)[C@H]2CCOC2)c(O)c1. The van der Waals surface area contributed by atoms with Gasteiger partial charge in [-0.2, -0.15) is 0 Å². The first-order valence-electron chi connectivity index (χ1n) is 4.96. The number of phenolic OH excluding ortho intramolecular Hbond substituents is 2. The largest absolute Gasteiger partial charge is 0.508 e. The van der Waals surface area contributed by atoms with Gasteiger partial charge in [-0.1, -0.05) is 0 Å². The normalized spacial score (nSPS) is 22.9. The maximum atomic E-state index is 9.97. The van der Waals surface area contributed by atoms with E-state index in [0.717, 1.165) is 6.42 Å². The molecular formula is C11H14O4. The Bertz CT molecular complexity index is 344. The number of rotatable bonds is 2. The predicted octanol–water partition coefficient (Wildman–Crippen LogP) is 1.17. The number of ether oxygens (including phenoxy) is 1. The van der Waals surface area contributed by atoms with Crippen molar-refractivity contribution < 1.29 is 20.1 Å². The molecule has 2 atom stereocenters. The molecule has 0 aliphatic carbocycles. The summed E-state index contributed by atoms with van der Waals surface area (Å²) in [4.78, 5) is 0. The lowest BCUT2D eigenvalue weighted by atomic mass is 9.94. The summed E-state index contributed by atoms with van der Waals surface area (Å²) in [5.74, 6) is -0.0547. The van der Waals surface area contributed by atoms with Crippen molar-refractivity contribution in [1.82, 2.24) is 0 Å². The minimum Gasteiger partial charge on any atom is -0.508 e. The third-order valence-electron chi connectivity index (χ3n) is 2.74.